The van der Waals surface area contributed by atoms with Crippen LogP contribution in [0.3, 0.4) is 0 Å². The largest absolute Gasteiger partial charge is 0.497 e. The van der Waals surface area contributed by atoms with Gasteiger partial charge in [0.1, 0.15) is 5.75 Å². The van der Waals surface area contributed by atoms with Gasteiger partial charge in [-0.15, -0.1) is 10.2 Å². The molecular weight excluding hydrogens is 446 g/mol. The number of methoxy groups -OCH3 is 1. The molecule has 1 amide bonds. The third-order valence-electron chi connectivity index (χ3n) is 5.12. The first-order chi connectivity index (χ1) is 16.7. The summed E-state index contributed by atoms with van der Waals surface area (Å²) in [5.74, 6) is 1.38. The van der Waals surface area contributed by atoms with E-state index in [0.29, 0.717) is 11.0 Å². The number of aryl methyl sites for hydroxylation is 1. The molecule has 1 aromatic heterocycles. The van der Waals surface area contributed by atoms with E-state index < -0.39 is 0 Å². The van der Waals surface area contributed by atoms with Crippen molar-refractivity contribution in [2.24, 2.45) is 5.10 Å². The van der Waals surface area contributed by atoms with Crippen LogP contribution < -0.4 is 10.2 Å². The van der Waals surface area contributed by atoms with Gasteiger partial charge in [-0.1, -0.05) is 61.2 Å². The van der Waals surface area contributed by atoms with Gasteiger partial charge in [0, 0.05) is 11.3 Å². The van der Waals surface area contributed by atoms with Gasteiger partial charge in [-0.25, -0.2) is 5.43 Å². The van der Waals surface area contributed by atoms with Crippen molar-refractivity contribution in [2.75, 3.05) is 12.9 Å². The molecule has 172 valence electrons. The van der Waals surface area contributed by atoms with Gasteiger partial charge in [-0.3, -0.25) is 9.36 Å². The number of nitrogens with zero attached hydrogens (tertiary/aromatic N) is 4. The molecule has 0 fully saturated rings. The van der Waals surface area contributed by atoms with Crippen LogP contribution in [0.25, 0.3) is 17.1 Å². The minimum absolute atomic E-state index is 0.152. The van der Waals surface area contributed by atoms with Gasteiger partial charge in [-0.2, -0.15) is 5.10 Å². The molecule has 0 saturated heterocycles. The number of ether oxygens (including phenoxy) is 1. The van der Waals surface area contributed by atoms with Gasteiger partial charge < -0.3 is 4.74 Å². The zero-order valence-electron chi connectivity index (χ0n) is 19.0. The number of hydrogen-bond acceptors (Lipinski definition) is 6. The average Bonchev–Trinajstić information content (AvgIpc) is 3.32. The van der Waals surface area contributed by atoms with Crippen LogP contribution in [0.5, 0.6) is 5.75 Å². The van der Waals surface area contributed by atoms with Gasteiger partial charge in [-0.05, 0) is 53.9 Å². The molecule has 4 aromatic rings. The van der Waals surface area contributed by atoms with E-state index in [1.54, 1.807) is 13.3 Å². The molecule has 0 unspecified atom stereocenters. The zero-order chi connectivity index (χ0) is 23.8. The standard InChI is InChI=1S/C26H25N5O2S/c1-3-19-9-11-20(12-10-19)17-27-28-24(32)18-34-26-30-29-25(21-13-15-23(33-2)16-14-21)31(26)22-7-5-4-6-8-22/h4-17H,3,18H2,1-2H3,(H,28,32)/b27-17+. The number of carbonyl (C=O) groups excluding carboxylic acids is 1. The zero-order valence-corrected chi connectivity index (χ0v) is 19.8. The molecule has 0 aliphatic rings. The summed E-state index contributed by atoms with van der Waals surface area (Å²) >= 11 is 1.30. The molecule has 0 saturated carbocycles. The Morgan fingerprint density at radius 3 is 2.44 bits per heavy atom. The number of benzene rings is 3. The molecular formula is C26H25N5O2S. The van der Waals surface area contributed by atoms with Crippen molar-refractivity contribution in [3.8, 4) is 22.8 Å². The van der Waals surface area contributed by atoms with Crippen LogP contribution in [0, 0.1) is 0 Å². The van der Waals surface area contributed by atoms with Gasteiger partial charge in [0.05, 0.1) is 19.1 Å². The van der Waals surface area contributed by atoms with Crippen LogP contribution in [0.15, 0.2) is 89.1 Å². The van der Waals surface area contributed by atoms with Crippen molar-refractivity contribution in [1.29, 1.82) is 0 Å². The Morgan fingerprint density at radius 1 is 1.03 bits per heavy atom. The van der Waals surface area contributed by atoms with Gasteiger partial charge in [0.25, 0.3) is 5.91 Å². The molecule has 0 bridgehead atoms. The first kappa shape index (κ1) is 23.3. The second-order valence-electron chi connectivity index (χ2n) is 7.38. The van der Waals surface area contributed by atoms with Gasteiger partial charge in [0.2, 0.25) is 0 Å². The van der Waals surface area contributed by atoms with E-state index in [2.05, 4.69) is 39.8 Å². The number of amides is 1. The Morgan fingerprint density at radius 2 is 1.76 bits per heavy atom. The molecule has 1 heterocycles. The van der Waals surface area contributed by atoms with Crippen LogP contribution in [-0.4, -0.2) is 39.7 Å². The number of hydrogen-bond donors (Lipinski definition) is 1. The van der Waals surface area contributed by atoms with Crippen LogP contribution >= 0.6 is 11.8 Å². The van der Waals surface area contributed by atoms with E-state index in [4.69, 9.17) is 4.74 Å². The van der Waals surface area contributed by atoms with E-state index in [1.807, 2.05) is 71.3 Å². The fourth-order valence-electron chi connectivity index (χ4n) is 3.28. The summed E-state index contributed by atoms with van der Waals surface area (Å²) in [6.45, 7) is 2.11. The van der Waals surface area contributed by atoms with Crippen LogP contribution in [0.4, 0.5) is 0 Å². The Kier molecular flexibility index (Phi) is 7.72. The fraction of sp³-hybridized carbons (Fsp3) is 0.154. The SMILES string of the molecule is CCc1ccc(/C=N/NC(=O)CSc2nnc(-c3ccc(OC)cc3)n2-c2ccccc2)cc1. The third-order valence-corrected chi connectivity index (χ3v) is 6.05. The summed E-state index contributed by atoms with van der Waals surface area (Å²) in [6, 6.07) is 25.5. The van der Waals surface area contributed by atoms with E-state index >= 15 is 0 Å². The van der Waals surface area contributed by atoms with E-state index in [9.17, 15) is 4.79 Å². The predicted molar refractivity (Wildman–Crippen MR) is 136 cm³/mol. The molecule has 0 atom stereocenters. The molecule has 4 rings (SSSR count). The molecule has 0 radical (unpaired) electrons. The highest BCUT2D eigenvalue weighted by Crippen LogP contribution is 2.28. The summed E-state index contributed by atoms with van der Waals surface area (Å²) in [6.07, 6.45) is 2.62. The van der Waals surface area contributed by atoms with E-state index in [-0.39, 0.29) is 11.7 Å². The Bertz CT molecular complexity index is 1250. The number of aromatic nitrogens is 3. The summed E-state index contributed by atoms with van der Waals surface area (Å²) in [4.78, 5) is 12.4. The maximum atomic E-state index is 12.4. The Labute approximate surface area is 202 Å². The molecule has 0 spiro atoms. The lowest BCUT2D eigenvalue weighted by atomic mass is 10.1. The highest BCUT2D eigenvalue weighted by atomic mass is 32.2. The summed E-state index contributed by atoms with van der Waals surface area (Å²) in [5.41, 5.74) is 6.57. The molecule has 3 aromatic carbocycles. The number of thioether (sulfide) groups is 1. The highest BCUT2D eigenvalue weighted by Gasteiger charge is 2.17. The fourth-order valence-corrected chi connectivity index (χ4v) is 4.03. The number of rotatable bonds is 9. The molecule has 0 aliphatic carbocycles. The second-order valence-corrected chi connectivity index (χ2v) is 8.33. The minimum atomic E-state index is -0.222. The number of carbonyl (C=O) groups is 1. The quantitative estimate of drug-likeness (QED) is 0.216. The van der Waals surface area contributed by atoms with Crippen molar-refractivity contribution < 1.29 is 9.53 Å². The van der Waals surface area contributed by atoms with Crippen molar-refractivity contribution in [2.45, 2.75) is 18.5 Å². The van der Waals surface area contributed by atoms with Crippen LogP contribution in [0.2, 0.25) is 0 Å². The first-order valence-corrected chi connectivity index (χ1v) is 11.9. The first-order valence-electron chi connectivity index (χ1n) is 10.9. The lowest BCUT2D eigenvalue weighted by Gasteiger charge is -2.10. The van der Waals surface area contributed by atoms with Gasteiger partial charge in [0.15, 0.2) is 11.0 Å². The maximum absolute atomic E-state index is 12.4. The summed E-state index contributed by atoms with van der Waals surface area (Å²) < 4.78 is 7.20. The third kappa shape index (κ3) is 5.71. The second kappa shape index (κ2) is 11.3. The van der Waals surface area contributed by atoms with Gasteiger partial charge >= 0.3 is 0 Å². The molecule has 8 heteroatoms. The van der Waals surface area contributed by atoms with Crippen molar-refractivity contribution >= 4 is 23.9 Å². The Hall–Kier alpha value is -3.91. The smallest absolute Gasteiger partial charge is 0.250 e. The predicted octanol–water partition coefficient (Wildman–Crippen LogP) is 4.75. The van der Waals surface area contributed by atoms with Crippen LogP contribution in [-0.2, 0) is 11.2 Å². The minimum Gasteiger partial charge on any atom is -0.497 e. The van der Waals surface area contributed by atoms with E-state index in [1.165, 1.54) is 17.3 Å². The highest BCUT2D eigenvalue weighted by molar-refractivity contribution is 7.99. The topological polar surface area (TPSA) is 81.4 Å². The number of nitrogens with one attached hydrogen (secondary N) is 1. The summed E-state index contributed by atoms with van der Waals surface area (Å²) in [7, 11) is 1.63. The lowest BCUT2D eigenvalue weighted by molar-refractivity contribution is -0.118. The number of para-hydroxylation sites is 1. The van der Waals surface area contributed by atoms with Crippen molar-refractivity contribution in [3.05, 3.63) is 90.0 Å². The van der Waals surface area contributed by atoms with Crippen LogP contribution in [0.1, 0.15) is 18.1 Å². The average molecular weight is 472 g/mol. The molecule has 1 N–H and O–H groups in total. The Balaban J connectivity index is 1.47. The monoisotopic (exact) mass is 471 g/mol. The van der Waals surface area contributed by atoms with Crippen molar-refractivity contribution in [3.63, 3.8) is 0 Å². The summed E-state index contributed by atoms with van der Waals surface area (Å²) in [5, 5.41) is 13.4. The molecule has 34 heavy (non-hydrogen) atoms. The maximum Gasteiger partial charge on any atom is 0.250 e. The number of hydrazone groups is 1. The normalized spacial score (nSPS) is 11.0. The van der Waals surface area contributed by atoms with Crippen molar-refractivity contribution in [1.82, 2.24) is 20.2 Å². The molecule has 7 nitrogen and oxygen atoms in total. The molecule has 0 aliphatic heterocycles. The van der Waals surface area contributed by atoms with E-state index in [0.717, 1.165) is 29.0 Å². The lowest BCUT2D eigenvalue weighted by Crippen LogP contribution is -2.20.